The standard InChI is InChI=1S/C16H13N5S/c1-22-16(18-10-17)21-12-7-3-2-6-11(12)15-19-13-8-4-5-9-14(13)20-15/h2-9H,1H3,(H,18,21)(H,19,20). The predicted octanol–water partition coefficient (Wildman–Crippen LogP) is 3.65. The zero-order valence-electron chi connectivity index (χ0n) is 11.9. The van der Waals surface area contributed by atoms with E-state index in [0.29, 0.717) is 5.17 Å². The van der Waals surface area contributed by atoms with Crippen LogP contribution in [0.5, 0.6) is 0 Å². The van der Waals surface area contributed by atoms with Crippen molar-refractivity contribution in [3.63, 3.8) is 0 Å². The maximum absolute atomic E-state index is 8.75. The maximum atomic E-state index is 8.75. The third-order valence-corrected chi connectivity index (χ3v) is 3.71. The highest BCUT2D eigenvalue weighted by Crippen LogP contribution is 2.30. The Bertz CT molecular complexity index is 842. The Morgan fingerprint density at radius 2 is 2.00 bits per heavy atom. The third-order valence-electron chi connectivity index (χ3n) is 3.13. The van der Waals surface area contributed by atoms with E-state index in [1.807, 2.05) is 61.0 Å². The Labute approximate surface area is 132 Å². The Morgan fingerprint density at radius 1 is 1.23 bits per heavy atom. The number of nitrogens with zero attached hydrogens (tertiary/aromatic N) is 3. The van der Waals surface area contributed by atoms with Gasteiger partial charge in [-0.1, -0.05) is 36.0 Å². The number of benzene rings is 2. The number of aliphatic imine (C=N–C) groups is 1. The fourth-order valence-corrected chi connectivity index (χ4v) is 2.47. The van der Waals surface area contributed by atoms with Gasteiger partial charge in [-0.2, -0.15) is 5.26 Å². The number of hydrogen-bond acceptors (Lipinski definition) is 4. The molecule has 0 spiro atoms. The lowest BCUT2D eigenvalue weighted by atomic mass is 10.2. The normalized spacial score (nSPS) is 11.4. The first kappa shape index (κ1) is 14.2. The van der Waals surface area contributed by atoms with Crippen molar-refractivity contribution in [2.75, 3.05) is 6.26 Å². The average Bonchev–Trinajstić information content (AvgIpc) is 2.98. The average molecular weight is 307 g/mol. The van der Waals surface area contributed by atoms with Gasteiger partial charge in [0.15, 0.2) is 11.4 Å². The number of aromatic amines is 1. The van der Waals surface area contributed by atoms with Crippen LogP contribution in [0.3, 0.4) is 0 Å². The van der Waals surface area contributed by atoms with Crippen molar-refractivity contribution in [3.8, 4) is 17.6 Å². The van der Waals surface area contributed by atoms with Crippen molar-refractivity contribution in [1.82, 2.24) is 15.3 Å². The van der Waals surface area contributed by atoms with Crippen molar-refractivity contribution in [2.24, 2.45) is 4.99 Å². The van der Waals surface area contributed by atoms with Gasteiger partial charge in [0.25, 0.3) is 0 Å². The molecule has 0 unspecified atom stereocenters. The highest BCUT2D eigenvalue weighted by Gasteiger charge is 2.09. The van der Waals surface area contributed by atoms with Crippen LogP contribution in [-0.2, 0) is 0 Å². The van der Waals surface area contributed by atoms with E-state index in [1.165, 1.54) is 11.8 Å². The van der Waals surface area contributed by atoms with Crippen LogP contribution < -0.4 is 5.32 Å². The van der Waals surface area contributed by atoms with Gasteiger partial charge in [-0.05, 0) is 30.5 Å². The summed E-state index contributed by atoms with van der Waals surface area (Å²) < 4.78 is 0. The van der Waals surface area contributed by atoms with Crippen LogP contribution in [0, 0.1) is 11.5 Å². The Balaban J connectivity index is 2.10. The molecule has 0 aliphatic rings. The zero-order chi connectivity index (χ0) is 15.4. The summed E-state index contributed by atoms with van der Waals surface area (Å²) in [5.74, 6) is 0.762. The number of aromatic nitrogens is 2. The molecule has 0 saturated carbocycles. The van der Waals surface area contributed by atoms with E-state index in [1.54, 1.807) is 0 Å². The smallest absolute Gasteiger partial charge is 0.183 e. The summed E-state index contributed by atoms with van der Waals surface area (Å²) in [6.07, 6.45) is 3.76. The molecule has 2 N–H and O–H groups in total. The molecule has 3 rings (SSSR count). The van der Waals surface area contributed by atoms with E-state index in [9.17, 15) is 0 Å². The molecule has 0 bridgehead atoms. The monoisotopic (exact) mass is 307 g/mol. The molecule has 6 heteroatoms. The first-order valence-electron chi connectivity index (χ1n) is 6.64. The molecule has 0 atom stereocenters. The number of nitriles is 1. The quantitative estimate of drug-likeness (QED) is 0.328. The van der Waals surface area contributed by atoms with Crippen molar-refractivity contribution in [2.45, 2.75) is 0 Å². The summed E-state index contributed by atoms with van der Waals surface area (Å²) >= 11 is 1.38. The van der Waals surface area contributed by atoms with Gasteiger partial charge in [0, 0.05) is 5.56 Å². The number of amidine groups is 1. The summed E-state index contributed by atoms with van der Waals surface area (Å²) in [6.45, 7) is 0. The van der Waals surface area contributed by atoms with Crippen LogP contribution in [0.4, 0.5) is 5.69 Å². The van der Waals surface area contributed by atoms with Crippen LogP contribution in [0.25, 0.3) is 22.4 Å². The molecule has 0 saturated heterocycles. The van der Waals surface area contributed by atoms with Crippen LogP contribution in [0.2, 0.25) is 0 Å². The van der Waals surface area contributed by atoms with E-state index in [0.717, 1.165) is 28.1 Å². The van der Waals surface area contributed by atoms with Crippen LogP contribution in [0.15, 0.2) is 53.5 Å². The van der Waals surface area contributed by atoms with Gasteiger partial charge in [-0.15, -0.1) is 0 Å². The second-order valence-corrected chi connectivity index (χ2v) is 5.27. The molecule has 0 radical (unpaired) electrons. The van der Waals surface area contributed by atoms with Gasteiger partial charge in [-0.3, -0.25) is 5.32 Å². The van der Waals surface area contributed by atoms with Gasteiger partial charge < -0.3 is 4.98 Å². The molecule has 0 fully saturated rings. The molecule has 108 valence electrons. The number of H-pyrrole nitrogens is 1. The topological polar surface area (TPSA) is 76.9 Å². The van der Waals surface area contributed by atoms with Gasteiger partial charge in [0.1, 0.15) is 5.82 Å². The molecule has 2 aromatic carbocycles. The molecule has 0 amide bonds. The molecule has 1 heterocycles. The lowest BCUT2D eigenvalue weighted by molar-refractivity contribution is 1.27. The first-order chi connectivity index (χ1) is 10.8. The minimum absolute atomic E-state index is 0.547. The Kier molecular flexibility index (Phi) is 4.08. The number of thioether (sulfide) groups is 1. The van der Waals surface area contributed by atoms with E-state index < -0.39 is 0 Å². The summed E-state index contributed by atoms with van der Waals surface area (Å²) in [5.41, 5.74) is 3.55. The third kappa shape index (κ3) is 2.80. The van der Waals surface area contributed by atoms with Crippen molar-refractivity contribution < 1.29 is 0 Å². The van der Waals surface area contributed by atoms with Crippen LogP contribution >= 0.6 is 11.8 Å². The van der Waals surface area contributed by atoms with E-state index in [2.05, 4.69) is 20.3 Å². The number of para-hydroxylation sites is 3. The molecule has 3 aromatic rings. The SMILES string of the molecule is CSC(=Nc1ccccc1-c1nc2ccccc2[nH]1)NC#N. The van der Waals surface area contributed by atoms with Crippen molar-refractivity contribution >= 4 is 33.7 Å². The highest BCUT2D eigenvalue weighted by molar-refractivity contribution is 8.13. The summed E-state index contributed by atoms with van der Waals surface area (Å²) in [7, 11) is 0. The zero-order valence-corrected chi connectivity index (χ0v) is 12.7. The predicted molar refractivity (Wildman–Crippen MR) is 90.9 cm³/mol. The van der Waals surface area contributed by atoms with Gasteiger partial charge in [0.2, 0.25) is 0 Å². The first-order valence-corrected chi connectivity index (χ1v) is 7.86. The van der Waals surface area contributed by atoms with E-state index in [-0.39, 0.29) is 0 Å². The lowest BCUT2D eigenvalue weighted by Crippen LogP contribution is -2.12. The number of nitrogens with one attached hydrogen (secondary N) is 2. The fraction of sp³-hybridized carbons (Fsp3) is 0.0625. The number of fused-ring (bicyclic) bond motifs is 1. The second-order valence-electron chi connectivity index (χ2n) is 4.48. The molecule has 5 nitrogen and oxygen atoms in total. The van der Waals surface area contributed by atoms with E-state index in [4.69, 9.17) is 5.26 Å². The maximum Gasteiger partial charge on any atom is 0.183 e. The number of rotatable bonds is 2. The summed E-state index contributed by atoms with van der Waals surface area (Å²) in [4.78, 5) is 12.4. The highest BCUT2D eigenvalue weighted by atomic mass is 32.2. The van der Waals surface area contributed by atoms with E-state index >= 15 is 0 Å². The largest absolute Gasteiger partial charge is 0.338 e. The molecule has 0 aliphatic heterocycles. The van der Waals surface area contributed by atoms with Crippen molar-refractivity contribution in [1.29, 1.82) is 5.26 Å². The van der Waals surface area contributed by atoms with Gasteiger partial charge >= 0.3 is 0 Å². The summed E-state index contributed by atoms with van der Waals surface area (Å²) in [5, 5.41) is 11.9. The lowest BCUT2D eigenvalue weighted by Gasteiger charge is -2.04. The van der Waals surface area contributed by atoms with Gasteiger partial charge in [0.05, 0.1) is 16.7 Å². The molecular formula is C16H13N5S. The fourth-order valence-electron chi connectivity index (χ4n) is 2.13. The molecule has 1 aromatic heterocycles. The van der Waals surface area contributed by atoms with Crippen LogP contribution in [-0.4, -0.2) is 21.4 Å². The second kappa shape index (κ2) is 6.33. The van der Waals surface area contributed by atoms with Gasteiger partial charge in [-0.25, -0.2) is 9.98 Å². The molecular weight excluding hydrogens is 294 g/mol. The van der Waals surface area contributed by atoms with Crippen LogP contribution in [0.1, 0.15) is 0 Å². The number of imidazole rings is 1. The summed E-state index contributed by atoms with van der Waals surface area (Å²) in [6, 6.07) is 15.6. The Hall–Kier alpha value is -2.78. The number of hydrogen-bond donors (Lipinski definition) is 2. The molecule has 0 aliphatic carbocycles. The minimum Gasteiger partial charge on any atom is -0.338 e. The van der Waals surface area contributed by atoms with Crippen molar-refractivity contribution in [3.05, 3.63) is 48.5 Å². The Morgan fingerprint density at radius 3 is 2.77 bits per heavy atom. The minimum atomic E-state index is 0.547. The molecule has 22 heavy (non-hydrogen) atoms.